The lowest BCUT2D eigenvalue weighted by Gasteiger charge is -2.08. The van der Waals surface area contributed by atoms with E-state index >= 15 is 0 Å². The number of hydrogen-bond acceptors (Lipinski definition) is 1. The average molecular weight is 238 g/mol. The Morgan fingerprint density at radius 1 is 1.00 bits per heavy atom. The van der Waals surface area contributed by atoms with E-state index in [2.05, 4.69) is 4.98 Å². The van der Waals surface area contributed by atoms with Crippen LogP contribution in [0.25, 0.3) is 11.3 Å². The topological polar surface area (TPSA) is 12.9 Å². The van der Waals surface area contributed by atoms with E-state index in [-0.39, 0.29) is 0 Å². The van der Waals surface area contributed by atoms with Gasteiger partial charge in [0.1, 0.15) is 0 Å². The smallest absolute Gasteiger partial charge is 0.0761 e. The zero-order valence-corrected chi connectivity index (χ0v) is 9.68. The number of nitrogens with zero attached hydrogens (tertiary/aromatic N) is 1. The lowest BCUT2D eigenvalue weighted by molar-refractivity contribution is 1.27. The molecule has 0 bridgehead atoms. The second-order valence-corrected chi connectivity index (χ2v) is 4.08. The van der Waals surface area contributed by atoms with E-state index in [0.717, 1.165) is 16.8 Å². The fourth-order valence-corrected chi connectivity index (χ4v) is 2.05. The quantitative estimate of drug-likeness (QED) is 0.719. The Morgan fingerprint density at radius 2 is 1.67 bits per heavy atom. The van der Waals surface area contributed by atoms with Gasteiger partial charge in [-0.25, -0.2) is 0 Å². The number of pyridine rings is 1. The average Bonchev–Trinajstić information content (AvgIpc) is 2.20. The van der Waals surface area contributed by atoms with Crippen molar-refractivity contribution in [3.05, 3.63) is 52.1 Å². The van der Waals surface area contributed by atoms with Crippen LogP contribution in [0, 0.1) is 6.92 Å². The van der Waals surface area contributed by atoms with Crippen LogP contribution < -0.4 is 0 Å². The Balaban J connectivity index is 2.69. The third-order valence-corrected chi connectivity index (χ3v) is 2.84. The first-order valence-corrected chi connectivity index (χ1v) is 5.32. The molecule has 0 aliphatic rings. The summed E-state index contributed by atoms with van der Waals surface area (Å²) in [7, 11) is 0. The van der Waals surface area contributed by atoms with Crippen LogP contribution in [0.15, 0.2) is 36.5 Å². The summed E-state index contributed by atoms with van der Waals surface area (Å²) in [5.41, 5.74) is 2.71. The first-order chi connectivity index (χ1) is 7.20. The largest absolute Gasteiger partial charge is 0.256 e. The standard InChI is InChI=1S/C12H9Cl2N/c1-8-4-3-7-15-12(8)11-9(13)5-2-6-10(11)14/h2-7H,1H3. The van der Waals surface area contributed by atoms with Gasteiger partial charge in [-0.3, -0.25) is 4.98 Å². The van der Waals surface area contributed by atoms with Crippen molar-refractivity contribution in [1.29, 1.82) is 0 Å². The van der Waals surface area contributed by atoms with Crippen molar-refractivity contribution in [2.24, 2.45) is 0 Å². The van der Waals surface area contributed by atoms with Crippen molar-refractivity contribution in [2.75, 3.05) is 0 Å². The van der Waals surface area contributed by atoms with Crippen molar-refractivity contribution in [2.45, 2.75) is 6.92 Å². The molecule has 0 saturated heterocycles. The van der Waals surface area contributed by atoms with Crippen LogP contribution in [0.3, 0.4) is 0 Å². The molecule has 0 radical (unpaired) electrons. The van der Waals surface area contributed by atoms with Crippen molar-refractivity contribution in [3.63, 3.8) is 0 Å². The SMILES string of the molecule is Cc1cccnc1-c1c(Cl)cccc1Cl. The van der Waals surface area contributed by atoms with Crippen LogP contribution in [0.4, 0.5) is 0 Å². The van der Waals surface area contributed by atoms with Crippen LogP contribution in [0.5, 0.6) is 0 Å². The number of rotatable bonds is 1. The fraction of sp³-hybridized carbons (Fsp3) is 0.0833. The Morgan fingerprint density at radius 3 is 2.27 bits per heavy atom. The van der Waals surface area contributed by atoms with Crippen LogP contribution in [0.1, 0.15) is 5.56 Å². The highest BCUT2D eigenvalue weighted by Gasteiger charge is 2.10. The molecular weight excluding hydrogens is 229 g/mol. The van der Waals surface area contributed by atoms with Crippen molar-refractivity contribution >= 4 is 23.2 Å². The zero-order valence-electron chi connectivity index (χ0n) is 8.17. The monoisotopic (exact) mass is 237 g/mol. The van der Waals surface area contributed by atoms with E-state index in [4.69, 9.17) is 23.2 Å². The molecule has 0 N–H and O–H groups in total. The first kappa shape index (κ1) is 10.5. The Kier molecular flexibility index (Phi) is 2.94. The highest BCUT2D eigenvalue weighted by atomic mass is 35.5. The first-order valence-electron chi connectivity index (χ1n) is 4.56. The Labute approximate surface area is 98.7 Å². The summed E-state index contributed by atoms with van der Waals surface area (Å²) in [6.07, 6.45) is 1.74. The van der Waals surface area contributed by atoms with Crippen LogP contribution in [-0.2, 0) is 0 Å². The molecule has 1 heterocycles. The molecule has 0 saturated carbocycles. The molecule has 0 aliphatic carbocycles. The summed E-state index contributed by atoms with van der Waals surface area (Å²) in [4.78, 5) is 4.30. The molecule has 1 nitrogen and oxygen atoms in total. The van der Waals surface area contributed by atoms with Gasteiger partial charge in [-0.15, -0.1) is 0 Å². The Hall–Kier alpha value is -1.05. The van der Waals surface area contributed by atoms with E-state index in [1.807, 2.05) is 37.3 Å². The summed E-state index contributed by atoms with van der Waals surface area (Å²) >= 11 is 12.2. The molecule has 2 rings (SSSR count). The summed E-state index contributed by atoms with van der Waals surface area (Å²) in [6, 6.07) is 9.34. The predicted octanol–water partition coefficient (Wildman–Crippen LogP) is 4.36. The van der Waals surface area contributed by atoms with Crippen molar-refractivity contribution in [1.82, 2.24) is 4.98 Å². The van der Waals surface area contributed by atoms with E-state index in [1.54, 1.807) is 6.20 Å². The third-order valence-electron chi connectivity index (χ3n) is 2.21. The summed E-state index contributed by atoms with van der Waals surface area (Å²) in [5, 5.41) is 1.26. The number of aryl methyl sites for hydroxylation is 1. The van der Waals surface area contributed by atoms with Crippen molar-refractivity contribution in [3.8, 4) is 11.3 Å². The second kappa shape index (κ2) is 4.21. The molecule has 0 unspecified atom stereocenters. The summed E-state index contributed by atoms with van der Waals surface area (Å²) in [6.45, 7) is 1.99. The van der Waals surface area contributed by atoms with Gasteiger partial charge in [0.25, 0.3) is 0 Å². The number of halogens is 2. The second-order valence-electron chi connectivity index (χ2n) is 3.27. The fourth-order valence-electron chi connectivity index (χ4n) is 1.47. The lowest BCUT2D eigenvalue weighted by atomic mass is 10.1. The van der Waals surface area contributed by atoms with Gasteiger partial charge in [-0.2, -0.15) is 0 Å². The van der Waals surface area contributed by atoms with Crippen LogP contribution in [0.2, 0.25) is 10.0 Å². The van der Waals surface area contributed by atoms with Gasteiger partial charge >= 0.3 is 0 Å². The Bertz CT molecular complexity index is 474. The summed E-state index contributed by atoms with van der Waals surface area (Å²) in [5.74, 6) is 0. The normalized spacial score (nSPS) is 10.3. The minimum atomic E-state index is 0.629. The minimum absolute atomic E-state index is 0.629. The zero-order chi connectivity index (χ0) is 10.8. The van der Waals surface area contributed by atoms with E-state index in [9.17, 15) is 0 Å². The van der Waals surface area contributed by atoms with Gasteiger partial charge < -0.3 is 0 Å². The molecule has 0 fully saturated rings. The maximum absolute atomic E-state index is 6.11. The highest BCUT2D eigenvalue weighted by Crippen LogP contribution is 2.34. The number of hydrogen-bond donors (Lipinski definition) is 0. The molecule has 0 spiro atoms. The highest BCUT2D eigenvalue weighted by molar-refractivity contribution is 6.39. The third kappa shape index (κ3) is 1.99. The van der Waals surface area contributed by atoms with Gasteiger partial charge in [0.05, 0.1) is 15.7 Å². The number of aromatic nitrogens is 1. The van der Waals surface area contributed by atoms with Crippen LogP contribution in [-0.4, -0.2) is 4.98 Å². The van der Waals surface area contributed by atoms with Gasteiger partial charge in [0, 0.05) is 11.8 Å². The van der Waals surface area contributed by atoms with Gasteiger partial charge in [-0.1, -0.05) is 35.3 Å². The molecule has 2 aromatic rings. The number of benzene rings is 1. The molecule has 0 atom stereocenters. The molecule has 15 heavy (non-hydrogen) atoms. The summed E-state index contributed by atoms with van der Waals surface area (Å²) < 4.78 is 0. The molecular formula is C12H9Cl2N. The minimum Gasteiger partial charge on any atom is -0.256 e. The molecule has 0 amide bonds. The molecule has 1 aromatic carbocycles. The van der Waals surface area contributed by atoms with Crippen LogP contribution >= 0.6 is 23.2 Å². The maximum atomic E-state index is 6.11. The lowest BCUT2D eigenvalue weighted by Crippen LogP contribution is -1.89. The van der Waals surface area contributed by atoms with Gasteiger partial charge in [-0.05, 0) is 30.7 Å². The molecule has 1 aromatic heterocycles. The van der Waals surface area contributed by atoms with Gasteiger partial charge in [0.2, 0.25) is 0 Å². The molecule has 3 heteroatoms. The van der Waals surface area contributed by atoms with Crippen molar-refractivity contribution < 1.29 is 0 Å². The maximum Gasteiger partial charge on any atom is 0.0761 e. The van der Waals surface area contributed by atoms with Gasteiger partial charge in [0.15, 0.2) is 0 Å². The van der Waals surface area contributed by atoms with E-state index in [0.29, 0.717) is 10.0 Å². The van der Waals surface area contributed by atoms with E-state index < -0.39 is 0 Å². The van der Waals surface area contributed by atoms with E-state index in [1.165, 1.54) is 0 Å². The molecule has 0 aliphatic heterocycles. The predicted molar refractivity (Wildman–Crippen MR) is 64.4 cm³/mol. The molecule has 76 valence electrons.